The monoisotopic (exact) mass is 383 g/mol. The van der Waals surface area contributed by atoms with Crippen LogP contribution in [0.3, 0.4) is 0 Å². The molecule has 2 amide bonds. The highest BCUT2D eigenvalue weighted by Crippen LogP contribution is 2.49. The standard InChI is InChI=1S/C17H25N3O5S/c1-8(21)13-10-6-12(14(17(24)25)20(10)16(13)23)26-9-5-11(19(4)7-9)15(22)18(2)3/h8-11,13,21H,5-7H2,1-4H3,(H,24,25)/t8?,9-,10+,11-,13+/m0/s1. The van der Waals surface area contributed by atoms with E-state index in [1.807, 2.05) is 11.9 Å². The smallest absolute Gasteiger partial charge is 0.353 e. The molecule has 0 aromatic rings. The lowest BCUT2D eigenvalue weighted by Gasteiger charge is -2.44. The number of aliphatic hydroxyl groups is 1. The minimum Gasteiger partial charge on any atom is -0.477 e. The van der Waals surface area contributed by atoms with Crippen molar-refractivity contribution in [2.75, 3.05) is 27.7 Å². The molecule has 8 nitrogen and oxygen atoms in total. The van der Waals surface area contributed by atoms with Crippen molar-refractivity contribution in [2.45, 2.75) is 43.2 Å². The van der Waals surface area contributed by atoms with Crippen molar-refractivity contribution in [3.8, 4) is 0 Å². The molecule has 3 heterocycles. The van der Waals surface area contributed by atoms with Crippen LogP contribution in [0, 0.1) is 5.92 Å². The molecule has 2 saturated heterocycles. The summed E-state index contributed by atoms with van der Waals surface area (Å²) < 4.78 is 0. The van der Waals surface area contributed by atoms with E-state index >= 15 is 0 Å². The van der Waals surface area contributed by atoms with Crippen molar-refractivity contribution < 1.29 is 24.6 Å². The largest absolute Gasteiger partial charge is 0.477 e. The third-order valence-corrected chi connectivity index (χ3v) is 6.75. The molecule has 2 fully saturated rings. The number of aliphatic carboxylic acids is 1. The molecule has 9 heteroatoms. The van der Waals surface area contributed by atoms with Gasteiger partial charge in [0, 0.05) is 37.2 Å². The summed E-state index contributed by atoms with van der Waals surface area (Å²) in [6, 6.07) is -0.476. The van der Waals surface area contributed by atoms with E-state index in [1.165, 1.54) is 16.7 Å². The summed E-state index contributed by atoms with van der Waals surface area (Å²) >= 11 is 1.46. The Balaban J connectivity index is 1.75. The van der Waals surface area contributed by atoms with Gasteiger partial charge < -0.3 is 20.0 Å². The normalized spacial score (nSPS) is 32.5. The fraction of sp³-hybridized carbons (Fsp3) is 0.706. The van der Waals surface area contributed by atoms with Gasteiger partial charge in [0.15, 0.2) is 0 Å². The first kappa shape index (κ1) is 19.2. The van der Waals surface area contributed by atoms with Gasteiger partial charge in [-0.25, -0.2) is 4.79 Å². The Morgan fingerprint density at radius 2 is 2.00 bits per heavy atom. The maximum Gasteiger partial charge on any atom is 0.353 e. The van der Waals surface area contributed by atoms with Gasteiger partial charge >= 0.3 is 5.97 Å². The van der Waals surface area contributed by atoms with Crippen LogP contribution in [0.4, 0.5) is 0 Å². The average molecular weight is 383 g/mol. The molecular formula is C17H25N3O5S. The lowest BCUT2D eigenvalue weighted by molar-refractivity contribution is -0.161. The van der Waals surface area contributed by atoms with Gasteiger partial charge in [-0.15, -0.1) is 11.8 Å². The van der Waals surface area contributed by atoms with Gasteiger partial charge in [0.1, 0.15) is 5.70 Å². The minimum absolute atomic E-state index is 0.0441. The third-order valence-electron chi connectivity index (χ3n) is 5.44. The van der Waals surface area contributed by atoms with Crippen LogP contribution in [0.25, 0.3) is 0 Å². The SMILES string of the molecule is CC(O)[C@H]1C(=O)N2C(C(=O)O)=C(S[C@H]3C[C@@H](C(=O)N(C)C)N(C)C3)C[C@H]12. The van der Waals surface area contributed by atoms with E-state index in [0.717, 1.165) is 0 Å². The van der Waals surface area contributed by atoms with Crippen molar-refractivity contribution in [1.29, 1.82) is 0 Å². The highest BCUT2D eigenvalue weighted by molar-refractivity contribution is 8.03. The van der Waals surface area contributed by atoms with Crippen molar-refractivity contribution in [3.63, 3.8) is 0 Å². The number of likely N-dealkylation sites (tertiary alicyclic amines) is 1. The van der Waals surface area contributed by atoms with Gasteiger partial charge in [0.05, 0.1) is 24.1 Å². The maximum atomic E-state index is 12.3. The van der Waals surface area contributed by atoms with E-state index in [2.05, 4.69) is 0 Å². The van der Waals surface area contributed by atoms with E-state index in [0.29, 0.717) is 24.3 Å². The summed E-state index contributed by atoms with van der Waals surface area (Å²) in [6.45, 7) is 2.25. The molecule has 3 aliphatic rings. The summed E-state index contributed by atoms with van der Waals surface area (Å²) in [5.74, 6) is -1.92. The molecule has 0 spiro atoms. The first-order chi connectivity index (χ1) is 12.1. The number of aliphatic hydroxyl groups excluding tert-OH is 1. The van der Waals surface area contributed by atoms with Crippen LogP contribution < -0.4 is 0 Å². The Bertz CT molecular complexity index is 677. The second-order valence-electron chi connectivity index (χ2n) is 7.49. The molecule has 5 atom stereocenters. The van der Waals surface area contributed by atoms with Crippen LogP contribution in [0.15, 0.2) is 10.6 Å². The number of hydrogen-bond donors (Lipinski definition) is 2. The zero-order valence-corrected chi connectivity index (χ0v) is 16.2. The molecule has 3 aliphatic heterocycles. The molecule has 144 valence electrons. The average Bonchev–Trinajstić information content (AvgIpc) is 3.04. The van der Waals surface area contributed by atoms with Crippen LogP contribution in [0.2, 0.25) is 0 Å². The molecule has 0 aromatic heterocycles. The lowest BCUT2D eigenvalue weighted by atomic mass is 9.83. The molecule has 0 aromatic carbocycles. The van der Waals surface area contributed by atoms with Gasteiger partial charge in [0.2, 0.25) is 11.8 Å². The van der Waals surface area contributed by atoms with E-state index in [-0.39, 0.29) is 34.8 Å². The van der Waals surface area contributed by atoms with Crippen molar-refractivity contribution in [2.24, 2.45) is 5.92 Å². The van der Waals surface area contributed by atoms with Gasteiger partial charge in [-0.1, -0.05) is 0 Å². The van der Waals surface area contributed by atoms with Gasteiger partial charge in [-0.2, -0.15) is 0 Å². The summed E-state index contributed by atoms with van der Waals surface area (Å²) in [7, 11) is 5.35. The molecular weight excluding hydrogens is 358 g/mol. The minimum atomic E-state index is -1.11. The Morgan fingerprint density at radius 1 is 1.35 bits per heavy atom. The molecule has 0 aliphatic carbocycles. The van der Waals surface area contributed by atoms with Crippen LogP contribution in [0.1, 0.15) is 19.8 Å². The van der Waals surface area contributed by atoms with Crippen molar-refractivity contribution in [3.05, 3.63) is 10.6 Å². The summed E-state index contributed by atoms with van der Waals surface area (Å²) in [5.41, 5.74) is 0.0481. The summed E-state index contributed by atoms with van der Waals surface area (Å²) in [6.07, 6.45) is 0.315. The second kappa shape index (κ2) is 6.86. The number of likely N-dealkylation sites (N-methyl/N-ethyl adjacent to an activating group) is 2. The van der Waals surface area contributed by atoms with E-state index < -0.39 is 18.0 Å². The Labute approximate surface area is 156 Å². The summed E-state index contributed by atoms with van der Waals surface area (Å²) in [4.78, 5) is 41.8. The number of amides is 2. The van der Waals surface area contributed by atoms with Gasteiger partial charge in [-0.05, 0) is 20.4 Å². The summed E-state index contributed by atoms with van der Waals surface area (Å²) in [5, 5.41) is 19.5. The Hall–Kier alpha value is -1.58. The first-order valence-electron chi connectivity index (χ1n) is 8.69. The highest BCUT2D eigenvalue weighted by atomic mass is 32.2. The number of fused-ring (bicyclic) bond motifs is 1. The number of carboxylic acids is 1. The number of thioether (sulfide) groups is 1. The van der Waals surface area contributed by atoms with Crippen molar-refractivity contribution in [1.82, 2.24) is 14.7 Å². The van der Waals surface area contributed by atoms with Gasteiger partial charge in [-0.3, -0.25) is 14.5 Å². The fourth-order valence-corrected chi connectivity index (χ4v) is 5.72. The van der Waals surface area contributed by atoms with E-state index in [9.17, 15) is 24.6 Å². The number of carbonyl (C=O) groups is 3. The molecule has 0 saturated carbocycles. The highest BCUT2D eigenvalue weighted by Gasteiger charge is 2.57. The van der Waals surface area contributed by atoms with Crippen LogP contribution in [-0.4, -0.2) is 93.8 Å². The molecule has 0 bridgehead atoms. The van der Waals surface area contributed by atoms with Crippen LogP contribution in [0.5, 0.6) is 0 Å². The molecule has 1 unspecified atom stereocenters. The topological polar surface area (TPSA) is 101 Å². The van der Waals surface area contributed by atoms with Crippen molar-refractivity contribution >= 4 is 29.5 Å². The first-order valence-corrected chi connectivity index (χ1v) is 9.57. The zero-order chi connectivity index (χ0) is 19.3. The van der Waals surface area contributed by atoms with E-state index in [4.69, 9.17) is 0 Å². The molecule has 3 rings (SSSR count). The third kappa shape index (κ3) is 3.01. The Kier molecular flexibility index (Phi) is 5.06. The fourth-order valence-electron chi connectivity index (χ4n) is 4.16. The Morgan fingerprint density at radius 3 is 2.54 bits per heavy atom. The molecule has 0 radical (unpaired) electrons. The number of rotatable bonds is 5. The number of carboxylic acid groups (broad SMARTS) is 1. The quantitative estimate of drug-likeness (QED) is 0.634. The van der Waals surface area contributed by atoms with Crippen LogP contribution >= 0.6 is 11.8 Å². The maximum absolute atomic E-state index is 12.3. The molecule has 2 N–H and O–H groups in total. The van der Waals surface area contributed by atoms with Crippen LogP contribution in [-0.2, 0) is 14.4 Å². The predicted molar refractivity (Wildman–Crippen MR) is 96.2 cm³/mol. The number of β-lactam (4-membered cyclic amide) rings is 1. The van der Waals surface area contributed by atoms with Gasteiger partial charge in [0.25, 0.3) is 0 Å². The lowest BCUT2D eigenvalue weighted by Crippen LogP contribution is -2.61. The second-order valence-corrected chi connectivity index (χ2v) is 8.88. The number of hydrogen-bond acceptors (Lipinski definition) is 6. The predicted octanol–water partition coefficient (Wildman–Crippen LogP) is -0.212. The van der Waals surface area contributed by atoms with E-state index in [1.54, 1.807) is 25.9 Å². The number of carbonyl (C=O) groups excluding carboxylic acids is 2. The molecule has 26 heavy (non-hydrogen) atoms. The number of nitrogens with zero attached hydrogens (tertiary/aromatic N) is 3. The zero-order valence-electron chi connectivity index (χ0n) is 15.4.